The summed E-state index contributed by atoms with van der Waals surface area (Å²) in [5.74, 6) is 0.918. The molecule has 1 aromatic heterocycles. The summed E-state index contributed by atoms with van der Waals surface area (Å²) in [6, 6.07) is 12.6. The molecule has 0 aliphatic carbocycles. The minimum Gasteiger partial charge on any atom is -0.493 e. The quantitative estimate of drug-likeness (QED) is 0.451. The van der Waals surface area contributed by atoms with E-state index in [2.05, 4.69) is 20.5 Å². The van der Waals surface area contributed by atoms with Gasteiger partial charge in [0.15, 0.2) is 11.5 Å². The summed E-state index contributed by atoms with van der Waals surface area (Å²) < 4.78 is 10.7. The van der Waals surface area contributed by atoms with Crippen molar-refractivity contribution in [2.24, 2.45) is 5.10 Å². The van der Waals surface area contributed by atoms with Gasteiger partial charge in [-0.1, -0.05) is 12.1 Å². The van der Waals surface area contributed by atoms with Gasteiger partial charge in [0.1, 0.15) is 5.69 Å². The fourth-order valence-electron chi connectivity index (χ4n) is 2.74. The van der Waals surface area contributed by atoms with Crippen LogP contribution in [0.4, 0.5) is 0 Å². The van der Waals surface area contributed by atoms with Crippen molar-refractivity contribution in [3.05, 3.63) is 64.1 Å². The molecule has 0 radical (unpaired) electrons. The standard InChI is InChI=1S/C21H22N4O4/c1-3-29-18-10-8-14(12-19(18)28-2)13-22-25-20(26)11-9-17-21(27)24-16-7-5-4-6-15(16)23-17/h4-8,10,12-13H,3,9,11H2,1-2H3,(H,24,27)(H,25,26)/b22-13-. The van der Waals surface area contributed by atoms with Crippen molar-refractivity contribution in [3.63, 3.8) is 0 Å². The Bertz CT molecular complexity index is 1090. The number of aromatic amines is 1. The lowest BCUT2D eigenvalue weighted by atomic mass is 10.2. The molecule has 2 N–H and O–H groups in total. The molecule has 0 aliphatic rings. The van der Waals surface area contributed by atoms with Crippen molar-refractivity contribution >= 4 is 23.2 Å². The fraction of sp³-hybridized carbons (Fsp3) is 0.238. The van der Waals surface area contributed by atoms with E-state index in [0.717, 1.165) is 5.56 Å². The van der Waals surface area contributed by atoms with Crippen molar-refractivity contribution in [2.75, 3.05) is 13.7 Å². The van der Waals surface area contributed by atoms with Crippen molar-refractivity contribution in [1.29, 1.82) is 0 Å². The van der Waals surface area contributed by atoms with E-state index < -0.39 is 0 Å². The maximum absolute atomic E-state index is 12.1. The first-order chi connectivity index (χ1) is 14.1. The predicted molar refractivity (Wildman–Crippen MR) is 111 cm³/mol. The Morgan fingerprint density at radius 1 is 1.24 bits per heavy atom. The molecular formula is C21H22N4O4. The molecule has 2 aromatic carbocycles. The number of ether oxygens (including phenoxy) is 2. The van der Waals surface area contributed by atoms with Crippen LogP contribution in [0.1, 0.15) is 24.6 Å². The van der Waals surface area contributed by atoms with Gasteiger partial charge in [-0.15, -0.1) is 0 Å². The van der Waals surface area contributed by atoms with E-state index in [9.17, 15) is 9.59 Å². The number of carbonyl (C=O) groups is 1. The topological polar surface area (TPSA) is 106 Å². The summed E-state index contributed by atoms with van der Waals surface area (Å²) in [6.07, 6.45) is 1.83. The number of aryl methyl sites for hydroxylation is 1. The van der Waals surface area contributed by atoms with Crippen molar-refractivity contribution in [3.8, 4) is 11.5 Å². The molecule has 0 atom stereocenters. The van der Waals surface area contributed by atoms with Crippen LogP contribution in [-0.2, 0) is 11.2 Å². The highest BCUT2D eigenvalue weighted by atomic mass is 16.5. The molecule has 3 aromatic rings. The van der Waals surface area contributed by atoms with Crippen LogP contribution in [-0.4, -0.2) is 35.8 Å². The van der Waals surface area contributed by atoms with Crippen molar-refractivity contribution < 1.29 is 14.3 Å². The molecule has 0 fully saturated rings. The molecule has 0 aliphatic heterocycles. The number of hydrogen-bond acceptors (Lipinski definition) is 6. The van der Waals surface area contributed by atoms with Crippen LogP contribution in [0.15, 0.2) is 52.4 Å². The number of carbonyl (C=O) groups excluding carboxylic acids is 1. The van der Waals surface area contributed by atoms with Crippen LogP contribution >= 0.6 is 0 Å². The lowest BCUT2D eigenvalue weighted by molar-refractivity contribution is -0.121. The Labute approximate surface area is 167 Å². The highest BCUT2D eigenvalue weighted by Gasteiger charge is 2.08. The zero-order valence-corrected chi connectivity index (χ0v) is 16.3. The minimum atomic E-state index is -0.312. The second kappa shape index (κ2) is 9.50. The maximum Gasteiger partial charge on any atom is 0.270 e. The summed E-state index contributed by atoms with van der Waals surface area (Å²) in [5, 5.41) is 3.95. The first kappa shape index (κ1) is 20.1. The number of nitrogens with zero attached hydrogens (tertiary/aromatic N) is 2. The molecular weight excluding hydrogens is 372 g/mol. The summed E-state index contributed by atoms with van der Waals surface area (Å²) in [5.41, 5.74) is 4.58. The van der Waals surface area contributed by atoms with Gasteiger partial charge in [0.2, 0.25) is 5.91 Å². The number of benzene rings is 2. The average Bonchev–Trinajstić information content (AvgIpc) is 2.73. The molecule has 0 unspecified atom stereocenters. The number of amides is 1. The van der Waals surface area contributed by atoms with Crippen LogP contribution < -0.4 is 20.5 Å². The normalized spacial score (nSPS) is 11.0. The highest BCUT2D eigenvalue weighted by Crippen LogP contribution is 2.27. The van der Waals surface area contributed by atoms with Gasteiger partial charge in [-0.2, -0.15) is 5.10 Å². The van der Waals surface area contributed by atoms with Crippen LogP contribution in [0.3, 0.4) is 0 Å². The maximum atomic E-state index is 12.1. The zero-order valence-electron chi connectivity index (χ0n) is 16.3. The molecule has 8 nitrogen and oxygen atoms in total. The van der Waals surface area contributed by atoms with E-state index in [4.69, 9.17) is 9.47 Å². The van der Waals surface area contributed by atoms with E-state index in [1.807, 2.05) is 31.2 Å². The second-order valence-corrected chi connectivity index (χ2v) is 6.17. The summed E-state index contributed by atoms with van der Waals surface area (Å²) >= 11 is 0. The Kier molecular flexibility index (Phi) is 6.57. The zero-order chi connectivity index (χ0) is 20.6. The number of para-hydroxylation sites is 2. The van der Waals surface area contributed by atoms with Crippen LogP contribution in [0.5, 0.6) is 11.5 Å². The Morgan fingerprint density at radius 2 is 2.07 bits per heavy atom. The van der Waals surface area contributed by atoms with Gasteiger partial charge in [-0.25, -0.2) is 10.4 Å². The van der Waals surface area contributed by atoms with Gasteiger partial charge in [-0.3, -0.25) is 9.59 Å². The third-order valence-electron chi connectivity index (χ3n) is 4.15. The van der Waals surface area contributed by atoms with E-state index in [1.165, 1.54) is 6.21 Å². The van der Waals surface area contributed by atoms with Gasteiger partial charge < -0.3 is 14.5 Å². The molecule has 3 rings (SSSR count). The fourth-order valence-corrected chi connectivity index (χ4v) is 2.74. The number of hydrazone groups is 1. The Morgan fingerprint density at radius 3 is 2.86 bits per heavy atom. The molecule has 150 valence electrons. The first-order valence-corrected chi connectivity index (χ1v) is 9.21. The number of rotatable bonds is 8. The molecule has 8 heteroatoms. The van der Waals surface area contributed by atoms with E-state index in [0.29, 0.717) is 34.8 Å². The van der Waals surface area contributed by atoms with Crippen LogP contribution in [0.2, 0.25) is 0 Å². The van der Waals surface area contributed by atoms with Gasteiger partial charge in [0.25, 0.3) is 5.56 Å². The molecule has 1 heterocycles. The van der Waals surface area contributed by atoms with Crippen LogP contribution in [0.25, 0.3) is 11.0 Å². The third-order valence-corrected chi connectivity index (χ3v) is 4.15. The number of nitrogens with one attached hydrogen (secondary N) is 2. The largest absolute Gasteiger partial charge is 0.493 e. The number of methoxy groups -OCH3 is 1. The van der Waals surface area contributed by atoms with Gasteiger partial charge in [0, 0.05) is 12.8 Å². The summed E-state index contributed by atoms with van der Waals surface area (Å²) in [6.45, 7) is 2.43. The third kappa shape index (κ3) is 5.19. The lowest BCUT2D eigenvalue weighted by Crippen LogP contribution is -2.21. The van der Waals surface area contributed by atoms with Gasteiger partial charge in [-0.05, 0) is 42.8 Å². The number of hydrogen-bond donors (Lipinski definition) is 2. The monoisotopic (exact) mass is 394 g/mol. The van der Waals surface area contributed by atoms with Crippen molar-refractivity contribution in [1.82, 2.24) is 15.4 Å². The Balaban J connectivity index is 1.57. The number of aromatic nitrogens is 2. The minimum absolute atomic E-state index is 0.0956. The number of H-pyrrole nitrogens is 1. The molecule has 29 heavy (non-hydrogen) atoms. The van der Waals surface area contributed by atoms with E-state index in [1.54, 1.807) is 25.3 Å². The smallest absolute Gasteiger partial charge is 0.270 e. The predicted octanol–water partition coefficient (Wildman–Crippen LogP) is 2.41. The Hall–Kier alpha value is -3.68. The molecule has 0 saturated carbocycles. The lowest BCUT2D eigenvalue weighted by Gasteiger charge is -2.09. The summed E-state index contributed by atoms with van der Waals surface area (Å²) in [7, 11) is 1.56. The van der Waals surface area contributed by atoms with Crippen molar-refractivity contribution in [2.45, 2.75) is 19.8 Å². The molecule has 0 saturated heterocycles. The highest BCUT2D eigenvalue weighted by molar-refractivity contribution is 5.83. The molecule has 0 spiro atoms. The first-order valence-electron chi connectivity index (χ1n) is 9.21. The average molecular weight is 394 g/mol. The van der Waals surface area contributed by atoms with E-state index in [-0.39, 0.29) is 24.3 Å². The van der Waals surface area contributed by atoms with Gasteiger partial charge >= 0.3 is 0 Å². The SMILES string of the molecule is CCOc1ccc(/C=N\NC(=O)CCc2nc3ccccc3[nH]c2=O)cc1OC. The van der Waals surface area contributed by atoms with Crippen LogP contribution in [0, 0.1) is 0 Å². The molecule has 1 amide bonds. The van der Waals surface area contributed by atoms with Gasteiger partial charge in [0.05, 0.1) is 31.0 Å². The second-order valence-electron chi connectivity index (χ2n) is 6.17. The summed E-state index contributed by atoms with van der Waals surface area (Å²) in [4.78, 5) is 31.2. The van der Waals surface area contributed by atoms with E-state index >= 15 is 0 Å². The number of fused-ring (bicyclic) bond motifs is 1. The molecule has 0 bridgehead atoms.